The van der Waals surface area contributed by atoms with Crippen molar-refractivity contribution < 1.29 is 9.53 Å². The highest BCUT2D eigenvalue weighted by Crippen LogP contribution is 2.24. The summed E-state index contributed by atoms with van der Waals surface area (Å²) in [5.41, 5.74) is 0.535. The summed E-state index contributed by atoms with van der Waals surface area (Å²) < 4.78 is 5.29. The Morgan fingerprint density at radius 2 is 1.94 bits per heavy atom. The molecule has 1 unspecified atom stereocenters. The molecule has 1 rings (SSSR count). The van der Waals surface area contributed by atoms with Gasteiger partial charge in [-0.05, 0) is 33.5 Å². The molecule has 1 aromatic carbocycles. The first kappa shape index (κ1) is 14.7. The Labute approximate surface area is 110 Å². The van der Waals surface area contributed by atoms with Gasteiger partial charge in [-0.2, -0.15) is 0 Å². The Balaban J connectivity index is 2.93. The Morgan fingerprint density at radius 1 is 1.33 bits per heavy atom. The monoisotopic (exact) mass is 249 g/mol. The number of ketones is 1. The van der Waals surface area contributed by atoms with E-state index in [0.717, 1.165) is 17.7 Å². The van der Waals surface area contributed by atoms with Crippen LogP contribution in [0.15, 0.2) is 24.3 Å². The number of nitrogens with zero attached hydrogens (tertiary/aromatic N) is 1. The molecule has 0 aliphatic rings. The third kappa shape index (κ3) is 2.91. The van der Waals surface area contributed by atoms with Gasteiger partial charge in [0, 0.05) is 12.0 Å². The average molecular weight is 249 g/mol. The Hall–Kier alpha value is -1.35. The lowest BCUT2D eigenvalue weighted by Crippen LogP contribution is -2.48. The van der Waals surface area contributed by atoms with Gasteiger partial charge in [0.2, 0.25) is 0 Å². The van der Waals surface area contributed by atoms with Crippen LogP contribution in [0.5, 0.6) is 5.75 Å². The van der Waals surface area contributed by atoms with Gasteiger partial charge in [-0.25, -0.2) is 0 Å². The predicted molar refractivity (Wildman–Crippen MR) is 74.1 cm³/mol. The second-order valence-corrected chi connectivity index (χ2v) is 4.93. The van der Waals surface area contributed by atoms with Gasteiger partial charge in [0.1, 0.15) is 5.75 Å². The highest BCUT2D eigenvalue weighted by atomic mass is 16.5. The molecule has 0 aliphatic heterocycles. The number of carbonyl (C=O) groups excluding carboxylic acids is 1. The van der Waals surface area contributed by atoms with E-state index in [-0.39, 0.29) is 5.78 Å². The summed E-state index contributed by atoms with van der Waals surface area (Å²) in [6, 6.07) is 7.69. The van der Waals surface area contributed by atoms with Crippen LogP contribution in [-0.2, 0) is 11.2 Å². The number of para-hydroxylation sites is 1. The van der Waals surface area contributed by atoms with Crippen LogP contribution >= 0.6 is 0 Å². The first-order valence-corrected chi connectivity index (χ1v) is 6.28. The van der Waals surface area contributed by atoms with Crippen molar-refractivity contribution in [2.24, 2.45) is 0 Å². The SMILES string of the molecule is CCC(C)(C(=O)Cc1ccccc1OC)N(C)C. The third-order valence-corrected chi connectivity index (χ3v) is 3.82. The molecule has 0 fully saturated rings. The minimum atomic E-state index is -0.416. The summed E-state index contributed by atoms with van der Waals surface area (Å²) >= 11 is 0. The maximum atomic E-state index is 12.5. The first-order chi connectivity index (χ1) is 8.45. The highest BCUT2D eigenvalue weighted by molar-refractivity contribution is 5.90. The van der Waals surface area contributed by atoms with Crippen LogP contribution in [0.2, 0.25) is 0 Å². The predicted octanol–water partition coefficient (Wildman–Crippen LogP) is 2.54. The largest absolute Gasteiger partial charge is 0.496 e. The minimum absolute atomic E-state index is 0.222. The number of ether oxygens (including phenoxy) is 1. The summed E-state index contributed by atoms with van der Waals surface area (Å²) in [5, 5.41) is 0. The normalized spacial score (nSPS) is 14.3. The summed E-state index contributed by atoms with van der Waals surface area (Å²) in [6.45, 7) is 4.03. The molecule has 0 amide bonds. The van der Waals surface area contributed by atoms with E-state index in [2.05, 4.69) is 0 Å². The fourth-order valence-electron chi connectivity index (χ4n) is 1.98. The van der Waals surface area contributed by atoms with Crippen molar-refractivity contribution in [3.63, 3.8) is 0 Å². The smallest absolute Gasteiger partial charge is 0.157 e. The molecule has 0 heterocycles. The van der Waals surface area contributed by atoms with Crippen molar-refractivity contribution in [1.29, 1.82) is 0 Å². The average Bonchev–Trinajstić information content (AvgIpc) is 2.37. The second kappa shape index (κ2) is 6.01. The fourth-order valence-corrected chi connectivity index (χ4v) is 1.98. The van der Waals surface area contributed by atoms with Gasteiger partial charge < -0.3 is 4.74 Å². The molecule has 3 heteroatoms. The van der Waals surface area contributed by atoms with Crippen molar-refractivity contribution in [3.05, 3.63) is 29.8 Å². The Kier molecular flexibility index (Phi) is 4.91. The van der Waals surface area contributed by atoms with Crippen LogP contribution < -0.4 is 4.74 Å². The van der Waals surface area contributed by atoms with Crippen molar-refractivity contribution in [2.45, 2.75) is 32.2 Å². The number of Topliss-reactive ketones (excluding diaryl/α,β-unsaturated/α-hetero) is 1. The molecule has 0 aliphatic carbocycles. The molecule has 0 saturated heterocycles. The highest BCUT2D eigenvalue weighted by Gasteiger charge is 2.33. The minimum Gasteiger partial charge on any atom is -0.496 e. The van der Waals surface area contributed by atoms with Crippen LogP contribution in [-0.4, -0.2) is 37.4 Å². The topological polar surface area (TPSA) is 29.5 Å². The third-order valence-electron chi connectivity index (χ3n) is 3.82. The van der Waals surface area contributed by atoms with Crippen molar-refractivity contribution in [3.8, 4) is 5.75 Å². The summed E-state index contributed by atoms with van der Waals surface area (Å²) in [6.07, 6.45) is 1.21. The number of likely N-dealkylation sites (N-methyl/N-ethyl adjacent to an activating group) is 1. The van der Waals surface area contributed by atoms with E-state index >= 15 is 0 Å². The van der Waals surface area contributed by atoms with E-state index in [4.69, 9.17) is 4.74 Å². The Morgan fingerprint density at radius 3 is 2.44 bits per heavy atom. The molecule has 0 bridgehead atoms. The first-order valence-electron chi connectivity index (χ1n) is 6.28. The number of rotatable bonds is 6. The van der Waals surface area contributed by atoms with Gasteiger partial charge in [0.05, 0.1) is 12.6 Å². The van der Waals surface area contributed by atoms with Gasteiger partial charge >= 0.3 is 0 Å². The van der Waals surface area contributed by atoms with E-state index in [0.29, 0.717) is 6.42 Å². The van der Waals surface area contributed by atoms with E-state index in [1.165, 1.54) is 0 Å². The zero-order valence-electron chi connectivity index (χ0n) is 12.0. The molecule has 0 aromatic heterocycles. The molecule has 1 atom stereocenters. The molecule has 100 valence electrons. The quantitative estimate of drug-likeness (QED) is 0.776. The molecule has 0 saturated carbocycles. The number of hydrogen-bond donors (Lipinski definition) is 0. The second-order valence-electron chi connectivity index (χ2n) is 4.93. The molecular weight excluding hydrogens is 226 g/mol. The number of methoxy groups -OCH3 is 1. The lowest BCUT2D eigenvalue weighted by Gasteiger charge is -2.34. The fraction of sp³-hybridized carbons (Fsp3) is 0.533. The number of hydrogen-bond acceptors (Lipinski definition) is 3. The number of benzene rings is 1. The zero-order chi connectivity index (χ0) is 13.8. The lowest BCUT2D eigenvalue weighted by atomic mass is 9.88. The van der Waals surface area contributed by atoms with E-state index in [9.17, 15) is 4.79 Å². The zero-order valence-corrected chi connectivity index (χ0v) is 12.0. The van der Waals surface area contributed by atoms with Crippen molar-refractivity contribution in [1.82, 2.24) is 4.90 Å². The van der Waals surface area contributed by atoms with Gasteiger partial charge in [0.25, 0.3) is 0 Å². The summed E-state index contributed by atoms with van der Waals surface area (Å²) in [5.74, 6) is 1.00. The van der Waals surface area contributed by atoms with Crippen LogP contribution in [0.4, 0.5) is 0 Å². The van der Waals surface area contributed by atoms with E-state index in [1.54, 1.807) is 7.11 Å². The standard InChI is InChI=1S/C15H23NO2/c1-6-15(2,16(3)4)14(17)11-12-9-7-8-10-13(12)18-5/h7-10H,6,11H2,1-5H3. The number of carbonyl (C=O) groups is 1. The van der Waals surface area contributed by atoms with Crippen LogP contribution in [0.25, 0.3) is 0 Å². The molecular formula is C15H23NO2. The molecule has 0 radical (unpaired) electrons. The van der Waals surface area contributed by atoms with Gasteiger partial charge in [-0.3, -0.25) is 9.69 Å². The lowest BCUT2D eigenvalue weighted by molar-refractivity contribution is -0.128. The summed E-state index contributed by atoms with van der Waals surface area (Å²) in [7, 11) is 5.53. The maximum absolute atomic E-state index is 12.5. The van der Waals surface area contributed by atoms with E-state index in [1.807, 2.05) is 57.1 Å². The van der Waals surface area contributed by atoms with Crippen LogP contribution in [0, 0.1) is 0 Å². The Bertz CT molecular complexity index is 415. The molecule has 0 N–H and O–H groups in total. The molecule has 0 spiro atoms. The van der Waals surface area contributed by atoms with E-state index < -0.39 is 5.54 Å². The van der Waals surface area contributed by atoms with Gasteiger partial charge in [-0.15, -0.1) is 0 Å². The van der Waals surface area contributed by atoms with Gasteiger partial charge in [-0.1, -0.05) is 25.1 Å². The summed E-state index contributed by atoms with van der Waals surface area (Å²) in [4.78, 5) is 14.5. The van der Waals surface area contributed by atoms with Crippen LogP contribution in [0.3, 0.4) is 0 Å². The molecule has 18 heavy (non-hydrogen) atoms. The van der Waals surface area contributed by atoms with Gasteiger partial charge in [0.15, 0.2) is 5.78 Å². The van der Waals surface area contributed by atoms with Crippen LogP contribution in [0.1, 0.15) is 25.8 Å². The maximum Gasteiger partial charge on any atom is 0.157 e. The van der Waals surface area contributed by atoms with Crippen molar-refractivity contribution >= 4 is 5.78 Å². The molecule has 3 nitrogen and oxygen atoms in total. The van der Waals surface area contributed by atoms with Crippen molar-refractivity contribution in [2.75, 3.05) is 21.2 Å². The molecule has 1 aromatic rings.